The van der Waals surface area contributed by atoms with Gasteiger partial charge in [0.05, 0.1) is 13.2 Å². The van der Waals surface area contributed by atoms with Crippen molar-refractivity contribution in [3.63, 3.8) is 0 Å². The smallest absolute Gasteiger partial charge is 0.266 e. The molecule has 1 saturated heterocycles. The number of ether oxygens (including phenoxy) is 1. The average molecular weight is 457 g/mol. The lowest BCUT2D eigenvalue weighted by Crippen LogP contribution is -2.35. The Kier molecular flexibility index (Phi) is 7.22. The van der Waals surface area contributed by atoms with Crippen LogP contribution in [-0.2, 0) is 5.41 Å². The van der Waals surface area contributed by atoms with Gasteiger partial charge < -0.3 is 24.6 Å². The van der Waals surface area contributed by atoms with E-state index >= 15 is 0 Å². The van der Waals surface area contributed by atoms with Crippen LogP contribution in [0.5, 0.6) is 5.75 Å². The number of carbonyl (C=O) groups is 1. The molecule has 1 atom stereocenters. The molecule has 2 heterocycles. The normalized spacial score (nSPS) is 18.7. The zero-order valence-corrected chi connectivity index (χ0v) is 20.0. The Balaban J connectivity index is 1.16. The SMILES string of the molecule is Cc1cc(OCCCC2CCN(c3noc(C4(C)CC4)n3)CC2)ccc1C(=O)N[C@H](C)CO. The summed E-state index contributed by atoms with van der Waals surface area (Å²) in [6.07, 6.45) is 6.70. The molecule has 1 aliphatic carbocycles. The number of hydrogen-bond acceptors (Lipinski definition) is 7. The largest absolute Gasteiger partial charge is 0.494 e. The Morgan fingerprint density at radius 2 is 2.12 bits per heavy atom. The zero-order chi connectivity index (χ0) is 23.4. The molecule has 1 aromatic heterocycles. The number of aliphatic hydroxyl groups is 1. The van der Waals surface area contributed by atoms with E-state index in [1.54, 1.807) is 13.0 Å². The summed E-state index contributed by atoms with van der Waals surface area (Å²) in [6, 6.07) is 5.26. The molecule has 1 amide bonds. The molecule has 2 N–H and O–H groups in total. The molecule has 4 rings (SSSR count). The van der Waals surface area contributed by atoms with E-state index in [4.69, 9.17) is 14.4 Å². The minimum absolute atomic E-state index is 0.0808. The number of rotatable bonds is 10. The highest BCUT2D eigenvalue weighted by molar-refractivity contribution is 5.95. The van der Waals surface area contributed by atoms with Gasteiger partial charge in [0.2, 0.25) is 5.89 Å². The molecule has 0 bridgehead atoms. The Hall–Kier alpha value is -2.61. The number of nitrogens with zero attached hydrogens (tertiary/aromatic N) is 3. The fourth-order valence-electron chi connectivity index (χ4n) is 4.30. The first kappa shape index (κ1) is 23.5. The summed E-state index contributed by atoms with van der Waals surface area (Å²) in [4.78, 5) is 19.1. The summed E-state index contributed by atoms with van der Waals surface area (Å²) in [5.74, 6) is 2.84. The third kappa shape index (κ3) is 5.85. The molecule has 180 valence electrons. The van der Waals surface area contributed by atoms with Crippen LogP contribution in [0.1, 0.15) is 74.2 Å². The zero-order valence-electron chi connectivity index (χ0n) is 20.0. The van der Waals surface area contributed by atoms with Crippen molar-refractivity contribution in [3.8, 4) is 5.75 Å². The number of amides is 1. The van der Waals surface area contributed by atoms with E-state index in [0.717, 1.165) is 74.8 Å². The van der Waals surface area contributed by atoms with Gasteiger partial charge in [-0.05, 0) is 87.2 Å². The molecule has 0 radical (unpaired) electrons. The van der Waals surface area contributed by atoms with Crippen molar-refractivity contribution in [3.05, 3.63) is 35.2 Å². The number of aliphatic hydroxyl groups excluding tert-OH is 1. The molecule has 2 fully saturated rings. The highest BCUT2D eigenvalue weighted by atomic mass is 16.5. The molecule has 1 saturated carbocycles. The first-order valence-corrected chi connectivity index (χ1v) is 12.1. The highest BCUT2D eigenvalue weighted by Gasteiger charge is 2.45. The summed E-state index contributed by atoms with van der Waals surface area (Å²) in [6.45, 7) is 8.38. The number of anilines is 1. The second-order valence-electron chi connectivity index (χ2n) is 9.92. The van der Waals surface area contributed by atoms with E-state index in [1.165, 1.54) is 0 Å². The minimum atomic E-state index is -0.268. The summed E-state index contributed by atoms with van der Waals surface area (Å²) < 4.78 is 11.4. The van der Waals surface area contributed by atoms with Crippen molar-refractivity contribution < 1.29 is 19.2 Å². The Morgan fingerprint density at radius 3 is 2.79 bits per heavy atom. The van der Waals surface area contributed by atoms with E-state index in [0.29, 0.717) is 18.1 Å². The fraction of sp³-hybridized carbons (Fsp3) is 0.640. The van der Waals surface area contributed by atoms with Gasteiger partial charge in [0, 0.05) is 30.1 Å². The molecule has 1 aliphatic heterocycles. The topological polar surface area (TPSA) is 101 Å². The van der Waals surface area contributed by atoms with Gasteiger partial charge in [-0.25, -0.2) is 0 Å². The van der Waals surface area contributed by atoms with Crippen LogP contribution < -0.4 is 15.0 Å². The van der Waals surface area contributed by atoms with Gasteiger partial charge in [0.15, 0.2) is 0 Å². The van der Waals surface area contributed by atoms with Crippen LogP contribution in [0.15, 0.2) is 22.7 Å². The Morgan fingerprint density at radius 1 is 1.36 bits per heavy atom. The van der Waals surface area contributed by atoms with E-state index in [9.17, 15) is 4.79 Å². The maximum absolute atomic E-state index is 12.3. The first-order chi connectivity index (χ1) is 15.9. The molecule has 8 heteroatoms. The molecule has 0 unspecified atom stereocenters. The minimum Gasteiger partial charge on any atom is -0.494 e. The van der Waals surface area contributed by atoms with Crippen molar-refractivity contribution in [1.29, 1.82) is 0 Å². The molecule has 8 nitrogen and oxygen atoms in total. The predicted molar refractivity (Wildman–Crippen MR) is 126 cm³/mol. The molecule has 0 spiro atoms. The van der Waals surface area contributed by atoms with Gasteiger partial charge in [-0.3, -0.25) is 4.79 Å². The molecule has 1 aromatic carbocycles. The lowest BCUT2D eigenvalue weighted by Gasteiger charge is -2.30. The predicted octanol–water partition coefficient (Wildman–Crippen LogP) is 3.62. The lowest BCUT2D eigenvalue weighted by atomic mass is 9.92. The molecule has 2 aliphatic rings. The molecule has 2 aromatic rings. The van der Waals surface area contributed by atoms with Crippen LogP contribution in [0.3, 0.4) is 0 Å². The van der Waals surface area contributed by atoms with Crippen LogP contribution in [0.2, 0.25) is 0 Å². The quantitative estimate of drug-likeness (QED) is 0.527. The fourth-order valence-corrected chi connectivity index (χ4v) is 4.30. The van der Waals surface area contributed by atoms with Gasteiger partial charge in [0.25, 0.3) is 11.9 Å². The second kappa shape index (κ2) is 10.1. The van der Waals surface area contributed by atoms with Crippen molar-refractivity contribution >= 4 is 11.9 Å². The van der Waals surface area contributed by atoms with Crippen LogP contribution in [0.4, 0.5) is 5.95 Å². The standard InChI is InChI=1S/C25H36N4O4/c1-17-15-20(6-7-21(17)22(31)26-18(2)16-30)32-14-4-5-19-8-12-29(13-9-19)24-27-23(33-28-24)25(3)10-11-25/h6-7,15,18-19,30H,4-5,8-14,16H2,1-3H3,(H,26,31)/t18-/m1/s1. The van der Waals surface area contributed by atoms with Crippen molar-refractivity contribution in [2.24, 2.45) is 5.92 Å². The first-order valence-electron chi connectivity index (χ1n) is 12.1. The van der Waals surface area contributed by atoms with Gasteiger partial charge in [-0.1, -0.05) is 6.92 Å². The van der Waals surface area contributed by atoms with Crippen molar-refractivity contribution in [2.75, 3.05) is 31.2 Å². The van der Waals surface area contributed by atoms with E-state index in [-0.39, 0.29) is 24.0 Å². The van der Waals surface area contributed by atoms with E-state index in [1.807, 2.05) is 19.1 Å². The Bertz CT molecular complexity index is 948. The van der Waals surface area contributed by atoms with Gasteiger partial charge in [-0.15, -0.1) is 0 Å². The van der Waals surface area contributed by atoms with E-state index in [2.05, 4.69) is 27.3 Å². The van der Waals surface area contributed by atoms with Gasteiger partial charge >= 0.3 is 0 Å². The van der Waals surface area contributed by atoms with Crippen LogP contribution >= 0.6 is 0 Å². The van der Waals surface area contributed by atoms with Gasteiger partial charge in [0.1, 0.15) is 5.75 Å². The van der Waals surface area contributed by atoms with E-state index < -0.39 is 0 Å². The maximum atomic E-state index is 12.3. The number of nitrogens with one attached hydrogen (secondary N) is 1. The molecule has 33 heavy (non-hydrogen) atoms. The summed E-state index contributed by atoms with van der Waals surface area (Å²) in [5, 5.41) is 16.1. The third-order valence-electron chi connectivity index (χ3n) is 6.95. The Labute approximate surface area is 195 Å². The van der Waals surface area contributed by atoms with Crippen molar-refractivity contribution in [2.45, 2.75) is 70.8 Å². The van der Waals surface area contributed by atoms with Crippen LogP contribution in [0, 0.1) is 12.8 Å². The van der Waals surface area contributed by atoms with Crippen LogP contribution in [0.25, 0.3) is 0 Å². The van der Waals surface area contributed by atoms with Gasteiger partial charge in [-0.2, -0.15) is 4.98 Å². The summed E-state index contributed by atoms with van der Waals surface area (Å²) in [7, 11) is 0. The maximum Gasteiger partial charge on any atom is 0.266 e. The molecular weight excluding hydrogens is 420 g/mol. The molecular formula is C25H36N4O4. The van der Waals surface area contributed by atoms with Crippen molar-refractivity contribution in [1.82, 2.24) is 15.5 Å². The second-order valence-corrected chi connectivity index (χ2v) is 9.92. The number of aromatic nitrogens is 2. The lowest BCUT2D eigenvalue weighted by molar-refractivity contribution is 0.0921. The number of hydrogen-bond donors (Lipinski definition) is 2. The third-order valence-corrected chi connectivity index (χ3v) is 6.95. The monoisotopic (exact) mass is 456 g/mol. The average Bonchev–Trinajstić information content (AvgIpc) is 3.36. The highest BCUT2D eigenvalue weighted by Crippen LogP contribution is 2.47. The number of benzene rings is 1. The number of carbonyl (C=O) groups excluding carboxylic acids is 1. The number of aryl methyl sites for hydroxylation is 1. The number of piperidine rings is 1. The summed E-state index contributed by atoms with van der Waals surface area (Å²) >= 11 is 0. The van der Waals surface area contributed by atoms with Crippen LogP contribution in [-0.4, -0.2) is 53.5 Å². The summed E-state index contributed by atoms with van der Waals surface area (Å²) in [5.41, 5.74) is 1.59.